The van der Waals surface area contributed by atoms with Gasteiger partial charge in [0.25, 0.3) is 0 Å². The molecule has 2 N–H and O–H groups in total. The summed E-state index contributed by atoms with van der Waals surface area (Å²) in [6, 6.07) is 2.17. The molecule has 0 heterocycles. The van der Waals surface area contributed by atoms with E-state index in [2.05, 4.69) is 54.5 Å². The molecular weight excluding hydrogens is 332 g/mol. The molecule has 0 aromatic heterocycles. The number of aryl methyl sites for hydroxylation is 1. The first-order chi connectivity index (χ1) is 12.3. The molecule has 2 fully saturated rings. The predicted molar refractivity (Wildman–Crippen MR) is 113 cm³/mol. The number of hydrogen-bond donors (Lipinski definition) is 2. The summed E-state index contributed by atoms with van der Waals surface area (Å²) in [5.41, 5.74) is 5.41. The second-order valence-electron chi connectivity index (χ2n) is 10.9. The van der Waals surface area contributed by atoms with Crippen LogP contribution in [0.1, 0.15) is 93.7 Å². The van der Waals surface area contributed by atoms with Crippen molar-refractivity contribution in [2.75, 3.05) is 0 Å². The number of hydrogen-bond acceptors (Lipinski definition) is 2. The minimum absolute atomic E-state index is 0.0396. The van der Waals surface area contributed by atoms with Gasteiger partial charge in [-0.25, -0.2) is 0 Å². The van der Waals surface area contributed by atoms with Crippen LogP contribution in [-0.2, 0) is 0 Å². The summed E-state index contributed by atoms with van der Waals surface area (Å²) in [6.07, 6.45) is 4.75. The van der Waals surface area contributed by atoms with Gasteiger partial charge in [0.1, 0.15) is 0 Å². The van der Waals surface area contributed by atoms with Gasteiger partial charge in [0.15, 0.2) is 0 Å². The van der Waals surface area contributed by atoms with E-state index in [4.69, 9.17) is 0 Å². The number of fused-ring (bicyclic) bond motifs is 1. The average molecular weight is 373 g/mol. The molecule has 0 bridgehead atoms. The van der Waals surface area contributed by atoms with Crippen molar-refractivity contribution in [1.29, 1.82) is 0 Å². The van der Waals surface area contributed by atoms with Crippen molar-refractivity contribution in [3.63, 3.8) is 0 Å². The SMILES string of the molecule is Cc1cc(C(O)[C@@H]2[C@@]3(C)CCCC(C)(C)C3CC[C@@]2(C)O)c(C)c(C)c1C. The maximum atomic E-state index is 11.7. The molecular formula is C25H40O2. The van der Waals surface area contributed by atoms with Crippen molar-refractivity contribution >= 4 is 0 Å². The normalized spacial score (nSPS) is 37.0. The van der Waals surface area contributed by atoms with Crippen LogP contribution in [0.3, 0.4) is 0 Å². The molecule has 2 aliphatic rings. The zero-order valence-corrected chi connectivity index (χ0v) is 18.7. The zero-order valence-electron chi connectivity index (χ0n) is 18.7. The van der Waals surface area contributed by atoms with Crippen molar-refractivity contribution in [2.45, 2.75) is 99.2 Å². The molecule has 2 saturated carbocycles. The highest BCUT2D eigenvalue weighted by molar-refractivity contribution is 5.45. The fraction of sp³-hybridized carbons (Fsp3) is 0.760. The van der Waals surface area contributed by atoms with Crippen molar-refractivity contribution < 1.29 is 10.2 Å². The van der Waals surface area contributed by atoms with E-state index in [1.54, 1.807) is 0 Å². The summed E-state index contributed by atoms with van der Waals surface area (Å²) in [6.45, 7) is 17.7. The molecule has 152 valence electrons. The maximum absolute atomic E-state index is 11.7. The van der Waals surface area contributed by atoms with Crippen LogP contribution in [0.5, 0.6) is 0 Å². The Balaban J connectivity index is 2.12. The van der Waals surface area contributed by atoms with E-state index in [1.165, 1.54) is 35.1 Å². The van der Waals surface area contributed by atoms with Crippen LogP contribution < -0.4 is 0 Å². The van der Waals surface area contributed by atoms with Crippen LogP contribution in [0.15, 0.2) is 6.07 Å². The van der Waals surface area contributed by atoms with E-state index in [-0.39, 0.29) is 16.7 Å². The lowest BCUT2D eigenvalue weighted by molar-refractivity contribution is -0.201. The quantitative estimate of drug-likeness (QED) is 0.673. The van der Waals surface area contributed by atoms with Gasteiger partial charge in [0, 0.05) is 5.92 Å². The van der Waals surface area contributed by atoms with Crippen LogP contribution in [-0.4, -0.2) is 15.8 Å². The van der Waals surface area contributed by atoms with Gasteiger partial charge in [-0.05, 0) is 105 Å². The fourth-order valence-corrected chi connectivity index (χ4v) is 6.99. The minimum Gasteiger partial charge on any atom is -0.390 e. The molecule has 2 nitrogen and oxygen atoms in total. The third-order valence-electron chi connectivity index (χ3n) is 8.75. The summed E-state index contributed by atoms with van der Waals surface area (Å²) in [7, 11) is 0. The Bertz CT molecular complexity index is 730. The number of aliphatic hydroxyl groups excluding tert-OH is 1. The molecule has 0 saturated heterocycles. The Morgan fingerprint density at radius 2 is 1.56 bits per heavy atom. The molecule has 1 aromatic carbocycles. The molecule has 0 amide bonds. The standard InChI is InChI=1S/C25H40O2/c1-15-14-19(18(4)17(3)16(15)2)21(26)22-24(7)12-9-11-23(5,6)20(24)10-13-25(22,8)27/h14,20-22,26-27H,9-13H2,1-8H3/t20?,21?,22-,24+,25-/m1/s1. The van der Waals surface area contributed by atoms with Crippen LogP contribution in [0, 0.1) is 50.4 Å². The van der Waals surface area contributed by atoms with Crippen LogP contribution >= 0.6 is 0 Å². The third kappa shape index (κ3) is 3.17. The second kappa shape index (κ2) is 6.59. The first kappa shape index (κ1) is 20.9. The lowest BCUT2D eigenvalue weighted by Crippen LogP contribution is -2.59. The molecule has 3 rings (SSSR count). The van der Waals surface area contributed by atoms with E-state index in [9.17, 15) is 10.2 Å². The summed E-state index contributed by atoms with van der Waals surface area (Å²) in [5.74, 6) is 0.412. The monoisotopic (exact) mass is 372 g/mol. The summed E-state index contributed by atoms with van der Waals surface area (Å²) in [4.78, 5) is 0. The van der Waals surface area contributed by atoms with Gasteiger partial charge in [-0.3, -0.25) is 0 Å². The lowest BCUT2D eigenvalue weighted by Gasteiger charge is -2.62. The Kier molecular flexibility index (Phi) is 5.09. The molecule has 2 heteroatoms. The summed E-state index contributed by atoms with van der Waals surface area (Å²) in [5, 5.41) is 23.2. The Morgan fingerprint density at radius 1 is 0.926 bits per heavy atom. The van der Waals surface area contributed by atoms with Gasteiger partial charge < -0.3 is 10.2 Å². The van der Waals surface area contributed by atoms with E-state index < -0.39 is 11.7 Å². The summed E-state index contributed by atoms with van der Waals surface area (Å²) >= 11 is 0. The molecule has 5 atom stereocenters. The van der Waals surface area contributed by atoms with Gasteiger partial charge in [0.2, 0.25) is 0 Å². The van der Waals surface area contributed by atoms with Gasteiger partial charge in [-0.1, -0.05) is 33.3 Å². The Morgan fingerprint density at radius 3 is 2.19 bits per heavy atom. The third-order valence-corrected chi connectivity index (χ3v) is 8.75. The largest absolute Gasteiger partial charge is 0.390 e. The topological polar surface area (TPSA) is 40.5 Å². The molecule has 0 spiro atoms. The Hall–Kier alpha value is -0.860. The van der Waals surface area contributed by atoms with Gasteiger partial charge in [-0.2, -0.15) is 0 Å². The van der Waals surface area contributed by atoms with Crippen LogP contribution in [0.25, 0.3) is 0 Å². The van der Waals surface area contributed by atoms with E-state index in [0.717, 1.165) is 24.8 Å². The summed E-state index contributed by atoms with van der Waals surface area (Å²) < 4.78 is 0. The van der Waals surface area contributed by atoms with E-state index in [1.807, 2.05) is 6.92 Å². The lowest BCUT2D eigenvalue weighted by atomic mass is 9.44. The van der Waals surface area contributed by atoms with Gasteiger partial charge in [0.05, 0.1) is 11.7 Å². The van der Waals surface area contributed by atoms with Crippen molar-refractivity contribution in [2.24, 2.45) is 22.7 Å². The smallest absolute Gasteiger partial charge is 0.0853 e. The fourth-order valence-electron chi connectivity index (χ4n) is 6.99. The zero-order chi connectivity index (χ0) is 20.4. The van der Waals surface area contributed by atoms with Gasteiger partial charge in [-0.15, -0.1) is 0 Å². The highest BCUT2D eigenvalue weighted by Crippen LogP contribution is 2.64. The van der Waals surface area contributed by atoms with Crippen molar-refractivity contribution in [1.82, 2.24) is 0 Å². The van der Waals surface area contributed by atoms with Crippen LogP contribution in [0.2, 0.25) is 0 Å². The van der Waals surface area contributed by atoms with E-state index in [0.29, 0.717) is 5.92 Å². The number of aliphatic hydroxyl groups is 2. The molecule has 2 unspecified atom stereocenters. The first-order valence-corrected chi connectivity index (χ1v) is 10.8. The highest BCUT2D eigenvalue weighted by Gasteiger charge is 2.60. The predicted octanol–water partition coefficient (Wildman–Crippen LogP) is 5.95. The first-order valence-electron chi connectivity index (χ1n) is 10.8. The molecule has 27 heavy (non-hydrogen) atoms. The number of benzene rings is 1. The van der Waals surface area contributed by atoms with Crippen molar-refractivity contribution in [3.8, 4) is 0 Å². The number of rotatable bonds is 2. The minimum atomic E-state index is -0.836. The molecule has 0 aliphatic heterocycles. The van der Waals surface area contributed by atoms with Crippen LogP contribution in [0.4, 0.5) is 0 Å². The molecule has 0 radical (unpaired) electrons. The molecule has 1 aromatic rings. The maximum Gasteiger partial charge on any atom is 0.0853 e. The highest BCUT2D eigenvalue weighted by atomic mass is 16.3. The van der Waals surface area contributed by atoms with Gasteiger partial charge >= 0.3 is 0 Å². The molecule has 2 aliphatic carbocycles. The second-order valence-corrected chi connectivity index (χ2v) is 10.9. The van der Waals surface area contributed by atoms with E-state index >= 15 is 0 Å². The average Bonchev–Trinajstić information content (AvgIpc) is 2.54. The Labute approximate surface area is 166 Å². The van der Waals surface area contributed by atoms with Crippen molar-refractivity contribution in [3.05, 3.63) is 33.9 Å².